The van der Waals surface area contributed by atoms with Crippen molar-refractivity contribution in [1.29, 1.82) is 0 Å². The lowest BCUT2D eigenvalue weighted by atomic mass is 10.0. The molecule has 40 heavy (non-hydrogen) atoms. The van der Waals surface area contributed by atoms with E-state index in [9.17, 15) is 19.2 Å². The Morgan fingerprint density at radius 3 is 2.17 bits per heavy atom. The smallest absolute Gasteiger partial charge is 0.294 e. The van der Waals surface area contributed by atoms with Gasteiger partial charge >= 0.3 is 0 Å². The van der Waals surface area contributed by atoms with Gasteiger partial charge in [0.2, 0.25) is 5.91 Å². The average molecular weight is 558 g/mol. The summed E-state index contributed by atoms with van der Waals surface area (Å²) in [5.41, 5.74) is 5.36. The van der Waals surface area contributed by atoms with Gasteiger partial charge < -0.3 is 15.4 Å². The molecule has 1 aliphatic rings. The Morgan fingerprint density at radius 2 is 1.52 bits per heavy atom. The molecule has 2 N–H and O–H groups in total. The van der Waals surface area contributed by atoms with E-state index in [-0.39, 0.29) is 24.0 Å². The first-order chi connectivity index (χ1) is 19.1. The number of hydrogen-bond acceptors (Lipinski definition) is 6. The highest BCUT2D eigenvalue weighted by atomic mass is 32.2. The van der Waals surface area contributed by atoms with E-state index in [4.69, 9.17) is 4.74 Å². The van der Waals surface area contributed by atoms with E-state index in [1.807, 2.05) is 44.2 Å². The Labute approximate surface area is 237 Å². The summed E-state index contributed by atoms with van der Waals surface area (Å²) in [5.74, 6) is -0.403. The van der Waals surface area contributed by atoms with Crippen LogP contribution in [0.15, 0.2) is 71.6 Å². The first kappa shape index (κ1) is 28.6. The minimum atomic E-state index is -0.524. The number of aryl methyl sites for hydroxylation is 2. The van der Waals surface area contributed by atoms with Crippen molar-refractivity contribution in [2.75, 3.05) is 23.8 Å². The van der Waals surface area contributed by atoms with Crippen LogP contribution in [0.3, 0.4) is 0 Å². The largest absolute Gasteiger partial charge is 0.484 e. The van der Waals surface area contributed by atoms with Gasteiger partial charge in [0.15, 0.2) is 6.61 Å². The third-order valence-corrected chi connectivity index (χ3v) is 7.28. The third-order valence-electron chi connectivity index (χ3n) is 6.37. The fraction of sp³-hybridized carbons (Fsp3) is 0.226. The summed E-state index contributed by atoms with van der Waals surface area (Å²) in [5, 5.41) is 5.03. The number of anilines is 2. The molecule has 0 radical (unpaired) electrons. The number of nitrogens with zero attached hydrogens (tertiary/aromatic N) is 1. The van der Waals surface area contributed by atoms with Gasteiger partial charge in [-0.15, -0.1) is 0 Å². The second-order valence-electron chi connectivity index (χ2n) is 9.80. The SMILES string of the molecule is Cc1ccc(NC(=O)COc2ccc(/C=C3\SC(=O)N(CC(=O)Nc4ccc(C(C)C)cc4)C3=O)cc2)cc1C. The number of nitrogens with one attached hydrogen (secondary N) is 2. The van der Waals surface area contributed by atoms with E-state index < -0.39 is 17.1 Å². The first-order valence-corrected chi connectivity index (χ1v) is 13.7. The number of hydrogen-bond donors (Lipinski definition) is 2. The minimum absolute atomic E-state index is 0.158. The van der Waals surface area contributed by atoms with Gasteiger partial charge in [0.25, 0.3) is 17.1 Å². The molecule has 0 unspecified atom stereocenters. The van der Waals surface area contributed by atoms with Gasteiger partial charge in [-0.1, -0.05) is 44.2 Å². The van der Waals surface area contributed by atoms with Crippen LogP contribution in [-0.2, 0) is 14.4 Å². The number of thioether (sulfide) groups is 1. The topological polar surface area (TPSA) is 105 Å². The monoisotopic (exact) mass is 557 g/mol. The molecule has 1 heterocycles. The zero-order valence-corrected chi connectivity index (χ0v) is 23.6. The van der Waals surface area contributed by atoms with Crippen molar-refractivity contribution >= 4 is 52.2 Å². The van der Waals surface area contributed by atoms with E-state index in [0.29, 0.717) is 28.6 Å². The van der Waals surface area contributed by atoms with E-state index in [2.05, 4.69) is 24.5 Å². The van der Waals surface area contributed by atoms with Gasteiger partial charge in [-0.25, -0.2) is 0 Å². The van der Waals surface area contributed by atoms with E-state index in [1.165, 1.54) is 0 Å². The number of rotatable bonds is 9. The first-order valence-electron chi connectivity index (χ1n) is 12.8. The number of amides is 4. The minimum Gasteiger partial charge on any atom is -0.484 e. The van der Waals surface area contributed by atoms with Gasteiger partial charge in [0.05, 0.1) is 4.91 Å². The predicted molar refractivity (Wildman–Crippen MR) is 158 cm³/mol. The van der Waals surface area contributed by atoms with E-state index >= 15 is 0 Å². The second-order valence-corrected chi connectivity index (χ2v) is 10.8. The van der Waals surface area contributed by atoms with Crippen LogP contribution >= 0.6 is 11.8 Å². The summed E-state index contributed by atoms with van der Waals surface area (Å²) in [6, 6.07) is 19.9. The third kappa shape index (κ3) is 7.39. The summed E-state index contributed by atoms with van der Waals surface area (Å²) in [6.07, 6.45) is 1.59. The van der Waals surface area contributed by atoms with Gasteiger partial charge in [-0.2, -0.15) is 0 Å². The molecule has 3 aromatic carbocycles. The highest BCUT2D eigenvalue weighted by Crippen LogP contribution is 2.32. The molecular weight excluding hydrogens is 526 g/mol. The van der Waals surface area contributed by atoms with Crippen molar-refractivity contribution in [2.24, 2.45) is 0 Å². The molecule has 9 heteroatoms. The molecule has 0 aromatic heterocycles. The molecule has 0 aliphatic carbocycles. The molecule has 8 nitrogen and oxygen atoms in total. The van der Waals surface area contributed by atoms with Crippen molar-refractivity contribution in [3.8, 4) is 5.75 Å². The lowest BCUT2D eigenvalue weighted by Crippen LogP contribution is -2.36. The molecule has 0 saturated carbocycles. The van der Waals surface area contributed by atoms with Crippen molar-refractivity contribution in [3.63, 3.8) is 0 Å². The Bertz CT molecular complexity index is 1460. The second kappa shape index (κ2) is 12.7. The van der Waals surface area contributed by atoms with Crippen LogP contribution in [-0.4, -0.2) is 41.0 Å². The quantitative estimate of drug-likeness (QED) is 0.307. The molecule has 0 atom stereocenters. The Kier molecular flexibility index (Phi) is 9.06. The van der Waals surface area contributed by atoms with Gasteiger partial charge in [-0.05, 0) is 96.3 Å². The van der Waals surface area contributed by atoms with Gasteiger partial charge in [0, 0.05) is 11.4 Å². The lowest BCUT2D eigenvalue weighted by Gasteiger charge is -2.13. The van der Waals surface area contributed by atoms with Gasteiger partial charge in [-0.3, -0.25) is 24.1 Å². The van der Waals surface area contributed by atoms with Crippen molar-refractivity contribution in [1.82, 2.24) is 4.90 Å². The maximum absolute atomic E-state index is 12.8. The average Bonchev–Trinajstić information content (AvgIpc) is 3.17. The zero-order valence-electron chi connectivity index (χ0n) is 22.8. The highest BCUT2D eigenvalue weighted by molar-refractivity contribution is 8.18. The number of carbonyl (C=O) groups is 4. The van der Waals surface area contributed by atoms with Gasteiger partial charge in [0.1, 0.15) is 12.3 Å². The normalized spacial score (nSPS) is 14.1. The molecule has 0 spiro atoms. The van der Waals surface area contributed by atoms with Crippen LogP contribution in [0.2, 0.25) is 0 Å². The van der Waals surface area contributed by atoms with Crippen molar-refractivity contribution in [2.45, 2.75) is 33.6 Å². The van der Waals surface area contributed by atoms with Crippen LogP contribution in [0.4, 0.5) is 16.2 Å². The van der Waals surface area contributed by atoms with Crippen molar-refractivity contribution in [3.05, 3.63) is 93.9 Å². The number of ether oxygens (including phenoxy) is 1. The lowest BCUT2D eigenvalue weighted by molar-refractivity contribution is -0.127. The Morgan fingerprint density at radius 1 is 0.875 bits per heavy atom. The van der Waals surface area contributed by atoms with Crippen LogP contribution in [0.5, 0.6) is 5.75 Å². The summed E-state index contributed by atoms with van der Waals surface area (Å²) in [4.78, 5) is 51.2. The molecule has 4 amide bonds. The van der Waals surface area contributed by atoms with Crippen LogP contribution in [0.1, 0.15) is 42.0 Å². The molecule has 1 aliphatic heterocycles. The Balaban J connectivity index is 1.29. The molecule has 1 fully saturated rings. The Hall–Kier alpha value is -4.37. The fourth-order valence-corrected chi connectivity index (χ4v) is 4.75. The predicted octanol–water partition coefficient (Wildman–Crippen LogP) is 6.12. The van der Waals surface area contributed by atoms with E-state index in [1.54, 1.807) is 42.5 Å². The fourth-order valence-electron chi connectivity index (χ4n) is 3.91. The summed E-state index contributed by atoms with van der Waals surface area (Å²) in [6.45, 7) is 7.62. The molecule has 0 bridgehead atoms. The standard InChI is InChI=1S/C31H31N3O5S/c1-19(2)23-8-11-24(12-9-23)32-28(35)17-34-30(37)27(40-31(34)38)16-22-6-13-26(14-7-22)39-18-29(36)33-25-10-5-20(3)21(4)15-25/h5-16,19H,17-18H2,1-4H3,(H,32,35)(H,33,36)/b27-16-. The van der Waals surface area contributed by atoms with Crippen LogP contribution in [0.25, 0.3) is 6.08 Å². The van der Waals surface area contributed by atoms with Crippen LogP contribution < -0.4 is 15.4 Å². The number of benzene rings is 3. The number of imide groups is 1. The maximum atomic E-state index is 12.8. The number of carbonyl (C=O) groups excluding carboxylic acids is 4. The zero-order chi connectivity index (χ0) is 28.8. The maximum Gasteiger partial charge on any atom is 0.294 e. The van der Waals surface area contributed by atoms with Crippen LogP contribution in [0, 0.1) is 13.8 Å². The van der Waals surface area contributed by atoms with Crippen molar-refractivity contribution < 1.29 is 23.9 Å². The molecule has 1 saturated heterocycles. The summed E-state index contributed by atoms with van der Waals surface area (Å²) < 4.78 is 5.57. The molecule has 4 rings (SSSR count). The van der Waals surface area contributed by atoms with E-state index in [0.717, 1.165) is 33.4 Å². The highest BCUT2D eigenvalue weighted by Gasteiger charge is 2.36. The summed E-state index contributed by atoms with van der Waals surface area (Å²) >= 11 is 0.785. The molecule has 206 valence electrons. The summed E-state index contributed by atoms with van der Waals surface area (Å²) in [7, 11) is 0. The molecular formula is C31H31N3O5S. The molecule has 3 aromatic rings.